The van der Waals surface area contributed by atoms with Crippen molar-refractivity contribution in [3.63, 3.8) is 0 Å². The van der Waals surface area contributed by atoms with Gasteiger partial charge in [-0.15, -0.1) is 24.0 Å². The molecule has 2 aliphatic rings. The summed E-state index contributed by atoms with van der Waals surface area (Å²) in [5.41, 5.74) is 2.49. The summed E-state index contributed by atoms with van der Waals surface area (Å²) in [7, 11) is -2.90. The number of nitrogens with zero attached hydrogens (tertiary/aromatic N) is 3. The van der Waals surface area contributed by atoms with Crippen LogP contribution < -0.4 is 10.6 Å². The van der Waals surface area contributed by atoms with Crippen LogP contribution in [0.15, 0.2) is 29.3 Å². The van der Waals surface area contributed by atoms with Gasteiger partial charge in [0.15, 0.2) is 15.8 Å². The third-order valence-corrected chi connectivity index (χ3v) is 7.45. The molecule has 30 heavy (non-hydrogen) atoms. The van der Waals surface area contributed by atoms with E-state index >= 15 is 0 Å². The molecule has 0 spiro atoms. The number of likely N-dealkylation sites (N-methyl/N-ethyl adjacent to an activating group) is 1. The molecule has 2 heterocycles. The van der Waals surface area contributed by atoms with Crippen molar-refractivity contribution in [2.45, 2.75) is 39.4 Å². The Morgan fingerprint density at radius 1 is 1.07 bits per heavy atom. The molecule has 2 saturated heterocycles. The van der Waals surface area contributed by atoms with Crippen molar-refractivity contribution in [2.75, 3.05) is 50.8 Å². The molecule has 170 valence electrons. The maximum absolute atomic E-state index is 11.7. The van der Waals surface area contributed by atoms with E-state index in [9.17, 15) is 8.42 Å². The molecule has 0 aliphatic carbocycles. The van der Waals surface area contributed by atoms with E-state index in [0.29, 0.717) is 18.9 Å². The van der Waals surface area contributed by atoms with Crippen molar-refractivity contribution in [1.29, 1.82) is 0 Å². The molecule has 0 amide bonds. The van der Waals surface area contributed by atoms with Crippen molar-refractivity contribution in [2.24, 2.45) is 4.99 Å². The lowest BCUT2D eigenvalue weighted by Crippen LogP contribution is -2.45. The second-order valence-corrected chi connectivity index (χ2v) is 10.2. The lowest BCUT2D eigenvalue weighted by Gasteiger charge is -2.34. The first-order chi connectivity index (χ1) is 14.0. The van der Waals surface area contributed by atoms with Crippen molar-refractivity contribution in [1.82, 2.24) is 20.4 Å². The highest BCUT2D eigenvalue weighted by molar-refractivity contribution is 14.0. The highest BCUT2D eigenvalue weighted by atomic mass is 127. The predicted molar refractivity (Wildman–Crippen MR) is 134 cm³/mol. The van der Waals surface area contributed by atoms with Crippen LogP contribution in [0.5, 0.6) is 0 Å². The molecule has 2 aliphatic heterocycles. The zero-order valence-corrected chi connectivity index (χ0v) is 21.3. The van der Waals surface area contributed by atoms with Gasteiger partial charge < -0.3 is 15.5 Å². The van der Waals surface area contributed by atoms with Crippen molar-refractivity contribution >= 4 is 39.8 Å². The molecule has 0 radical (unpaired) electrons. The highest BCUT2D eigenvalue weighted by Crippen LogP contribution is 2.12. The van der Waals surface area contributed by atoms with Crippen LogP contribution in [-0.2, 0) is 22.9 Å². The largest absolute Gasteiger partial charge is 0.357 e. The number of halogens is 1. The first-order valence-corrected chi connectivity index (χ1v) is 12.6. The van der Waals surface area contributed by atoms with Gasteiger partial charge in [0.25, 0.3) is 0 Å². The number of piperazine rings is 1. The Labute approximate surface area is 198 Å². The first-order valence-electron chi connectivity index (χ1n) is 10.7. The van der Waals surface area contributed by atoms with Gasteiger partial charge in [-0.25, -0.2) is 13.4 Å². The number of rotatable bonds is 7. The average Bonchev–Trinajstić information content (AvgIpc) is 3.06. The van der Waals surface area contributed by atoms with Gasteiger partial charge in [0.05, 0.1) is 18.1 Å². The normalized spacial score (nSPS) is 22.5. The predicted octanol–water partition coefficient (Wildman–Crippen LogP) is 1.68. The van der Waals surface area contributed by atoms with Crippen LogP contribution in [0.2, 0.25) is 0 Å². The molecule has 3 rings (SSSR count). The molecular weight excluding hydrogens is 513 g/mol. The Hall–Kier alpha value is -0.910. The summed E-state index contributed by atoms with van der Waals surface area (Å²) in [6, 6.07) is 8.63. The Morgan fingerprint density at radius 2 is 1.70 bits per heavy atom. The average molecular weight is 550 g/mol. The molecule has 1 atom stereocenters. The van der Waals surface area contributed by atoms with Crippen molar-refractivity contribution in [3.8, 4) is 0 Å². The molecular formula is C21H36IN5O2S. The Bertz CT molecular complexity index is 777. The van der Waals surface area contributed by atoms with Crippen LogP contribution in [0.4, 0.5) is 0 Å². The fourth-order valence-electron chi connectivity index (χ4n) is 3.86. The van der Waals surface area contributed by atoms with Crippen LogP contribution in [0.25, 0.3) is 0 Å². The van der Waals surface area contributed by atoms with E-state index < -0.39 is 9.84 Å². The van der Waals surface area contributed by atoms with E-state index in [0.717, 1.165) is 51.4 Å². The molecule has 2 N–H and O–H groups in total. The zero-order chi connectivity index (χ0) is 20.7. The molecule has 2 fully saturated rings. The van der Waals surface area contributed by atoms with Gasteiger partial charge in [0.1, 0.15) is 0 Å². The van der Waals surface area contributed by atoms with E-state index in [1.165, 1.54) is 5.56 Å². The standard InChI is InChI=1S/C21H35N5O2S.HI/c1-3-22-21(24-20-9-14-29(27,28)17-20)23-15-18-5-7-19(8-6-18)16-26-12-10-25(4-2)11-13-26;/h5-8,20H,3-4,9-17H2,1-2H3,(H2,22,23,24);1H. The monoisotopic (exact) mass is 549 g/mol. The van der Waals surface area contributed by atoms with Gasteiger partial charge in [-0.05, 0) is 31.0 Å². The Kier molecular flexibility index (Phi) is 10.3. The van der Waals surface area contributed by atoms with Gasteiger partial charge in [0, 0.05) is 45.3 Å². The summed E-state index contributed by atoms with van der Waals surface area (Å²) in [6.07, 6.45) is 0.647. The lowest BCUT2D eigenvalue weighted by atomic mass is 10.1. The highest BCUT2D eigenvalue weighted by Gasteiger charge is 2.28. The van der Waals surface area contributed by atoms with Crippen LogP contribution in [-0.4, -0.2) is 81.0 Å². The SMILES string of the molecule is CCNC(=NCc1ccc(CN2CCN(CC)CC2)cc1)NC1CCS(=O)(=O)C1.I. The van der Waals surface area contributed by atoms with E-state index in [1.807, 2.05) is 6.92 Å². The van der Waals surface area contributed by atoms with Crippen LogP contribution >= 0.6 is 24.0 Å². The zero-order valence-electron chi connectivity index (χ0n) is 18.1. The van der Waals surface area contributed by atoms with E-state index in [-0.39, 0.29) is 41.5 Å². The van der Waals surface area contributed by atoms with Crippen LogP contribution in [0.1, 0.15) is 31.4 Å². The maximum Gasteiger partial charge on any atom is 0.191 e. The molecule has 1 aromatic rings. The van der Waals surface area contributed by atoms with E-state index in [2.05, 4.69) is 56.6 Å². The number of nitrogens with one attached hydrogen (secondary N) is 2. The van der Waals surface area contributed by atoms with Crippen molar-refractivity contribution in [3.05, 3.63) is 35.4 Å². The number of sulfone groups is 1. The summed E-state index contributed by atoms with van der Waals surface area (Å²) in [5, 5.41) is 6.48. The van der Waals surface area contributed by atoms with Gasteiger partial charge >= 0.3 is 0 Å². The molecule has 9 heteroatoms. The number of aliphatic imine (C=N–C) groups is 1. The minimum absolute atomic E-state index is 0. The molecule has 0 saturated carbocycles. The van der Waals surface area contributed by atoms with Gasteiger partial charge in [-0.3, -0.25) is 4.90 Å². The second-order valence-electron chi connectivity index (χ2n) is 7.97. The van der Waals surface area contributed by atoms with Gasteiger partial charge in [-0.1, -0.05) is 31.2 Å². The Balaban J connectivity index is 0.00000320. The van der Waals surface area contributed by atoms with E-state index in [4.69, 9.17) is 0 Å². The second kappa shape index (κ2) is 12.2. The minimum Gasteiger partial charge on any atom is -0.357 e. The summed E-state index contributed by atoms with van der Waals surface area (Å²) in [5.74, 6) is 1.14. The third-order valence-electron chi connectivity index (χ3n) is 5.68. The molecule has 0 aromatic heterocycles. The van der Waals surface area contributed by atoms with Crippen molar-refractivity contribution < 1.29 is 8.42 Å². The van der Waals surface area contributed by atoms with Gasteiger partial charge in [0.2, 0.25) is 0 Å². The number of hydrogen-bond donors (Lipinski definition) is 2. The topological polar surface area (TPSA) is 77.0 Å². The summed E-state index contributed by atoms with van der Waals surface area (Å²) in [6.45, 7) is 12.3. The molecule has 1 unspecified atom stereocenters. The van der Waals surface area contributed by atoms with E-state index in [1.54, 1.807) is 0 Å². The number of benzene rings is 1. The molecule has 7 nitrogen and oxygen atoms in total. The number of guanidine groups is 1. The summed E-state index contributed by atoms with van der Waals surface area (Å²) >= 11 is 0. The number of hydrogen-bond acceptors (Lipinski definition) is 5. The lowest BCUT2D eigenvalue weighted by molar-refractivity contribution is 0.132. The Morgan fingerprint density at radius 3 is 2.27 bits per heavy atom. The third kappa shape index (κ3) is 7.97. The maximum atomic E-state index is 11.7. The first kappa shape index (κ1) is 25.4. The molecule has 0 bridgehead atoms. The van der Waals surface area contributed by atoms with Gasteiger partial charge in [-0.2, -0.15) is 0 Å². The summed E-state index contributed by atoms with van der Waals surface area (Å²) in [4.78, 5) is 9.65. The minimum atomic E-state index is -2.90. The van der Waals surface area contributed by atoms with Crippen LogP contribution in [0, 0.1) is 0 Å². The smallest absolute Gasteiger partial charge is 0.191 e. The fraction of sp³-hybridized carbons (Fsp3) is 0.667. The molecule has 1 aromatic carbocycles. The quantitative estimate of drug-likeness (QED) is 0.307. The summed E-state index contributed by atoms with van der Waals surface area (Å²) < 4.78 is 23.3. The fourth-order valence-corrected chi connectivity index (χ4v) is 5.54. The van der Waals surface area contributed by atoms with Crippen LogP contribution in [0.3, 0.4) is 0 Å².